The summed E-state index contributed by atoms with van der Waals surface area (Å²) in [5, 5.41) is 0. The molecule has 1 nitrogen and oxygen atoms in total. The van der Waals surface area contributed by atoms with Gasteiger partial charge in [-0.2, -0.15) is 0 Å². The van der Waals surface area contributed by atoms with E-state index in [1.54, 1.807) is 12.3 Å². The Bertz CT molecular complexity index is 74.1. The second-order valence-electron chi connectivity index (χ2n) is 1.01. The maximum Gasteiger partial charge on any atom is 0.0657 e. The molecule has 0 aromatic heterocycles. The molecule has 0 atom stereocenters. The van der Waals surface area contributed by atoms with Gasteiger partial charge in [-0.25, -0.2) is 12.2 Å². The van der Waals surface area contributed by atoms with Crippen molar-refractivity contribution in [2.75, 3.05) is 6.61 Å². The third-order valence-corrected chi connectivity index (χ3v) is 0.558. The average Bonchev–Trinajstić information content (AvgIpc) is 1.72. The Labute approximate surface area is 56.4 Å². The van der Waals surface area contributed by atoms with Crippen molar-refractivity contribution in [3.63, 3.8) is 0 Å². The molecule has 7 heavy (non-hydrogen) atoms. The Morgan fingerprint density at radius 2 is 2.43 bits per heavy atom. The van der Waals surface area contributed by atoms with Crippen molar-refractivity contribution in [2.24, 2.45) is 0 Å². The van der Waals surface area contributed by atoms with E-state index in [2.05, 4.69) is 6.08 Å². The van der Waals surface area contributed by atoms with E-state index < -0.39 is 0 Å². The number of hydrogen-bond donors (Lipinski definition) is 0. The zero-order valence-electron chi connectivity index (χ0n) is 3.68. The van der Waals surface area contributed by atoms with Gasteiger partial charge in [-0.3, -0.25) is 0 Å². The zero-order chi connectivity index (χ0) is 4.24. The minimum Gasteiger partial charge on any atom is -0.584 e. The van der Waals surface area contributed by atoms with Crippen LogP contribution in [0.5, 0.6) is 0 Å². The van der Waals surface area contributed by atoms with E-state index >= 15 is 0 Å². The second-order valence-corrected chi connectivity index (χ2v) is 1.01. The topological polar surface area (TPSA) is 9.23 Å². The van der Waals surface area contributed by atoms with Crippen LogP contribution in [0.1, 0.15) is 0 Å². The van der Waals surface area contributed by atoms with Crippen LogP contribution in [0, 0.1) is 6.08 Å². The molecule has 0 saturated carbocycles. The fourth-order valence-electron chi connectivity index (χ4n) is 0.307. The molecular formula is C5H5IrO-. The molecular weight excluding hydrogens is 268 g/mol. The predicted molar refractivity (Wildman–Crippen MR) is 22.9 cm³/mol. The Morgan fingerprint density at radius 1 is 1.57 bits per heavy atom. The maximum absolute atomic E-state index is 4.77. The first-order valence-corrected chi connectivity index (χ1v) is 1.84. The molecule has 0 aliphatic carbocycles. The summed E-state index contributed by atoms with van der Waals surface area (Å²) in [6.07, 6.45) is 8.05. The van der Waals surface area contributed by atoms with Crippen molar-refractivity contribution in [1.82, 2.24) is 0 Å². The Kier molecular flexibility index (Phi) is 4.06. The predicted octanol–water partition coefficient (Wildman–Crippen LogP) is 0.887. The quantitative estimate of drug-likeness (QED) is 0.596. The van der Waals surface area contributed by atoms with Crippen LogP contribution in [-0.2, 0) is 24.8 Å². The molecule has 0 spiro atoms. The van der Waals surface area contributed by atoms with Gasteiger partial charge < -0.3 is 4.74 Å². The standard InChI is InChI=1S/C5H5O.Ir/c1-2-4-6-5-3-1;/h2-4H,5H2;/q-1;. The molecule has 0 aromatic carbocycles. The SMILES string of the molecule is [C-]1=CCOC=C1.[Ir]. The fraction of sp³-hybridized carbons (Fsp3) is 0.200. The van der Waals surface area contributed by atoms with Crippen LogP contribution >= 0.6 is 0 Å². The normalized spacial score (nSPS) is 14.9. The molecule has 0 saturated heterocycles. The number of hydrogen-bond acceptors (Lipinski definition) is 1. The Hall–Kier alpha value is -0.0706. The molecule has 0 fully saturated rings. The van der Waals surface area contributed by atoms with E-state index in [4.69, 9.17) is 4.74 Å². The first-order chi connectivity index (χ1) is 3.00. The Balaban J connectivity index is 0.000000360. The largest absolute Gasteiger partial charge is 0.584 e. The summed E-state index contributed by atoms with van der Waals surface area (Å²) in [6, 6.07) is 0. The third kappa shape index (κ3) is 2.60. The molecule has 1 aliphatic rings. The summed E-state index contributed by atoms with van der Waals surface area (Å²) in [4.78, 5) is 0. The van der Waals surface area contributed by atoms with Crippen LogP contribution in [0.15, 0.2) is 18.4 Å². The molecule has 0 unspecified atom stereocenters. The monoisotopic (exact) mass is 274 g/mol. The summed E-state index contributed by atoms with van der Waals surface area (Å²) in [7, 11) is 0. The fourth-order valence-corrected chi connectivity index (χ4v) is 0.307. The molecule has 0 N–H and O–H groups in total. The Morgan fingerprint density at radius 3 is 2.57 bits per heavy atom. The van der Waals surface area contributed by atoms with Crippen molar-refractivity contribution in [3.05, 3.63) is 24.5 Å². The van der Waals surface area contributed by atoms with Gasteiger partial charge in [0.2, 0.25) is 0 Å². The van der Waals surface area contributed by atoms with Gasteiger partial charge in [-0.15, -0.1) is 6.08 Å². The molecule has 1 aliphatic heterocycles. The van der Waals surface area contributed by atoms with Gasteiger partial charge in [-0.1, -0.05) is 6.26 Å². The number of ether oxygens (including phenoxy) is 1. The van der Waals surface area contributed by atoms with E-state index in [9.17, 15) is 0 Å². The van der Waals surface area contributed by atoms with Crippen molar-refractivity contribution >= 4 is 0 Å². The smallest absolute Gasteiger partial charge is 0.0657 e. The number of allylic oxidation sites excluding steroid dienone is 2. The van der Waals surface area contributed by atoms with Crippen LogP contribution in [0.25, 0.3) is 0 Å². The molecule has 1 rings (SSSR count). The van der Waals surface area contributed by atoms with Gasteiger partial charge in [0.25, 0.3) is 0 Å². The second kappa shape index (κ2) is 4.10. The van der Waals surface area contributed by atoms with Gasteiger partial charge in [0.15, 0.2) is 0 Å². The summed E-state index contributed by atoms with van der Waals surface area (Å²) >= 11 is 0. The maximum atomic E-state index is 4.77. The molecule has 2 heteroatoms. The van der Waals surface area contributed by atoms with E-state index in [1.807, 2.05) is 6.08 Å². The van der Waals surface area contributed by atoms with Crippen molar-refractivity contribution in [1.29, 1.82) is 0 Å². The van der Waals surface area contributed by atoms with Crippen LogP contribution < -0.4 is 0 Å². The van der Waals surface area contributed by atoms with Crippen LogP contribution in [0.4, 0.5) is 0 Å². The molecule has 0 bridgehead atoms. The molecule has 1 radical (unpaired) electrons. The third-order valence-electron chi connectivity index (χ3n) is 0.558. The van der Waals surface area contributed by atoms with Gasteiger partial charge >= 0.3 is 0 Å². The van der Waals surface area contributed by atoms with Crippen LogP contribution in [-0.4, -0.2) is 6.61 Å². The van der Waals surface area contributed by atoms with E-state index in [0.717, 1.165) is 0 Å². The van der Waals surface area contributed by atoms with E-state index in [0.29, 0.717) is 6.61 Å². The van der Waals surface area contributed by atoms with Crippen molar-refractivity contribution in [2.45, 2.75) is 0 Å². The minimum atomic E-state index is 0. The summed E-state index contributed by atoms with van der Waals surface area (Å²) in [6.45, 7) is 0.677. The van der Waals surface area contributed by atoms with Gasteiger partial charge in [0.05, 0.1) is 6.61 Å². The average molecular weight is 273 g/mol. The summed E-state index contributed by atoms with van der Waals surface area (Å²) < 4.78 is 4.77. The van der Waals surface area contributed by atoms with E-state index in [1.165, 1.54) is 0 Å². The van der Waals surface area contributed by atoms with Crippen molar-refractivity contribution in [3.8, 4) is 0 Å². The molecule has 0 aromatic rings. The first kappa shape index (κ1) is 6.93. The zero-order valence-corrected chi connectivity index (χ0v) is 6.08. The van der Waals surface area contributed by atoms with Gasteiger partial charge in [0, 0.05) is 20.1 Å². The summed E-state index contributed by atoms with van der Waals surface area (Å²) in [5.41, 5.74) is 0. The van der Waals surface area contributed by atoms with Crippen molar-refractivity contribution < 1.29 is 24.8 Å². The molecule has 1 heterocycles. The van der Waals surface area contributed by atoms with Crippen LogP contribution in [0.2, 0.25) is 0 Å². The molecule has 0 amide bonds. The first-order valence-electron chi connectivity index (χ1n) is 1.84. The number of rotatable bonds is 0. The van der Waals surface area contributed by atoms with Gasteiger partial charge in [0.1, 0.15) is 0 Å². The molecule has 41 valence electrons. The van der Waals surface area contributed by atoms with Gasteiger partial charge in [-0.05, 0) is 0 Å². The minimum absolute atomic E-state index is 0. The van der Waals surface area contributed by atoms with Crippen LogP contribution in [0.3, 0.4) is 0 Å². The summed E-state index contributed by atoms with van der Waals surface area (Å²) in [5.74, 6) is 0. The van der Waals surface area contributed by atoms with E-state index in [-0.39, 0.29) is 20.1 Å².